The number of likely N-dealkylation sites (N-methyl/N-ethyl adjacent to an activating group) is 1. The van der Waals surface area contributed by atoms with Gasteiger partial charge < -0.3 is 20.3 Å². The number of nitrogens with zero attached hydrogens (tertiary/aromatic N) is 2. The van der Waals surface area contributed by atoms with Gasteiger partial charge in [0.15, 0.2) is 5.96 Å². The Labute approximate surface area is 163 Å². The molecule has 0 spiro atoms. The van der Waals surface area contributed by atoms with E-state index in [-0.39, 0.29) is 29.5 Å². The average molecular weight is 446 g/mol. The normalized spacial score (nSPS) is 17.3. The molecule has 5 nitrogen and oxygen atoms in total. The van der Waals surface area contributed by atoms with Gasteiger partial charge >= 0.3 is 0 Å². The van der Waals surface area contributed by atoms with E-state index >= 15 is 0 Å². The molecule has 0 aromatic heterocycles. The summed E-state index contributed by atoms with van der Waals surface area (Å²) in [4.78, 5) is 6.66. The van der Waals surface area contributed by atoms with Crippen molar-refractivity contribution in [3.8, 4) is 0 Å². The molecule has 0 bridgehead atoms. The monoisotopic (exact) mass is 446 g/mol. The molecular formula is C18H31IN4O. The first-order chi connectivity index (χ1) is 11.1. The summed E-state index contributed by atoms with van der Waals surface area (Å²) < 4.78 is 5.52. The topological polar surface area (TPSA) is 48.9 Å². The number of hydrogen-bond donors (Lipinski definition) is 2. The highest BCUT2D eigenvalue weighted by atomic mass is 127. The molecule has 0 amide bonds. The molecule has 1 heterocycles. The van der Waals surface area contributed by atoms with Gasteiger partial charge in [0, 0.05) is 38.9 Å². The fraction of sp³-hybridized carbons (Fsp3) is 0.611. The summed E-state index contributed by atoms with van der Waals surface area (Å²) in [5.41, 5.74) is 2.68. The van der Waals surface area contributed by atoms with Gasteiger partial charge in [0.2, 0.25) is 0 Å². The Morgan fingerprint density at radius 2 is 1.96 bits per heavy atom. The van der Waals surface area contributed by atoms with Crippen molar-refractivity contribution in [3.63, 3.8) is 0 Å². The number of benzene rings is 1. The van der Waals surface area contributed by atoms with E-state index in [1.165, 1.54) is 11.1 Å². The quantitative estimate of drug-likeness (QED) is 0.415. The van der Waals surface area contributed by atoms with Crippen LogP contribution in [0.3, 0.4) is 0 Å². The van der Waals surface area contributed by atoms with Gasteiger partial charge in [0.1, 0.15) is 0 Å². The lowest BCUT2D eigenvalue weighted by atomic mass is 9.88. The van der Waals surface area contributed by atoms with Gasteiger partial charge in [-0.2, -0.15) is 0 Å². The summed E-state index contributed by atoms with van der Waals surface area (Å²) in [5.74, 6) is 0.847. The fourth-order valence-electron chi connectivity index (χ4n) is 3.01. The van der Waals surface area contributed by atoms with E-state index in [0.29, 0.717) is 0 Å². The van der Waals surface area contributed by atoms with Crippen LogP contribution in [0.4, 0.5) is 0 Å². The second-order valence-corrected chi connectivity index (χ2v) is 6.50. The lowest BCUT2D eigenvalue weighted by Crippen LogP contribution is -2.57. The highest BCUT2D eigenvalue weighted by Gasteiger charge is 2.34. The van der Waals surface area contributed by atoms with Crippen LogP contribution in [-0.4, -0.2) is 57.3 Å². The molecule has 0 saturated carbocycles. The zero-order valence-corrected chi connectivity index (χ0v) is 17.6. The van der Waals surface area contributed by atoms with Crippen LogP contribution in [0, 0.1) is 6.92 Å². The van der Waals surface area contributed by atoms with Crippen molar-refractivity contribution in [1.29, 1.82) is 0 Å². The SMILES string of the molecule is CN=C(NCc1cccc(C)c1)NCC1(N(C)C)CCOCC1.I. The Kier molecular flexibility index (Phi) is 9.01. The maximum atomic E-state index is 5.52. The van der Waals surface area contributed by atoms with Gasteiger partial charge in [0.25, 0.3) is 0 Å². The zero-order chi connectivity index (χ0) is 16.7. The molecule has 0 atom stereocenters. The Balaban J connectivity index is 0.00000288. The first-order valence-corrected chi connectivity index (χ1v) is 8.31. The maximum absolute atomic E-state index is 5.52. The molecule has 136 valence electrons. The van der Waals surface area contributed by atoms with Crippen molar-refractivity contribution < 1.29 is 4.74 Å². The average Bonchev–Trinajstić information content (AvgIpc) is 2.56. The van der Waals surface area contributed by atoms with Crippen molar-refractivity contribution in [1.82, 2.24) is 15.5 Å². The van der Waals surface area contributed by atoms with Gasteiger partial charge in [0.05, 0.1) is 0 Å². The molecule has 0 aliphatic carbocycles. The van der Waals surface area contributed by atoms with Crippen molar-refractivity contribution in [2.75, 3.05) is 40.9 Å². The van der Waals surface area contributed by atoms with Crippen molar-refractivity contribution in [2.45, 2.75) is 31.8 Å². The van der Waals surface area contributed by atoms with Crippen LogP contribution >= 0.6 is 24.0 Å². The van der Waals surface area contributed by atoms with E-state index in [1.54, 1.807) is 0 Å². The van der Waals surface area contributed by atoms with E-state index in [0.717, 1.165) is 45.1 Å². The second kappa shape index (κ2) is 10.2. The predicted molar refractivity (Wildman–Crippen MR) is 111 cm³/mol. The number of hydrogen-bond acceptors (Lipinski definition) is 3. The van der Waals surface area contributed by atoms with Crippen LogP contribution in [0.5, 0.6) is 0 Å². The number of halogens is 1. The zero-order valence-electron chi connectivity index (χ0n) is 15.3. The van der Waals surface area contributed by atoms with E-state index < -0.39 is 0 Å². The third-order valence-electron chi connectivity index (χ3n) is 4.72. The van der Waals surface area contributed by atoms with E-state index in [9.17, 15) is 0 Å². The maximum Gasteiger partial charge on any atom is 0.191 e. The minimum atomic E-state index is 0. The molecule has 2 rings (SSSR count). The highest BCUT2D eigenvalue weighted by molar-refractivity contribution is 14.0. The van der Waals surface area contributed by atoms with Crippen LogP contribution in [0.15, 0.2) is 29.3 Å². The minimum absolute atomic E-state index is 0. The number of nitrogens with one attached hydrogen (secondary N) is 2. The Hall–Kier alpha value is -0.860. The van der Waals surface area contributed by atoms with Crippen molar-refractivity contribution in [2.24, 2.45) is 4.99 Å². The van der Waals surface area contributed by atoms with Gasteiger partial charge in [-0.05, 0) is 39.4 Å². The third kappa shape index (κ3) is 5.89. The molecule has 1 aliphatic rings. The summed E-state index contributed by atoms with van der Waals surface area (Å²) in [7, 11) is 6.11. The summed E-state index contributed by atoms with van der Waals surface area (Å²) in [6, 6.07) is 8.53. The predicted octanol–water partition coefficient (Wildman–Crippen LogP) is 2.39. The number of guanidine groups is 1. The second-order valence-electron chi connectivity index (χ2n) is 6.50. The first kappa shape index (κ1) is 21.2. The summed E-state index contributed by atoms with van der Waals surface area (Å²) in [6.45, 7) is 5.42. The van der Waals surface area contributed by atoms with E-state index in [4.69, 9.17) is 4.74 Å². The van der Waals surface area contributed by atoms with Crippen LogP contribution in [0.25, 0.3) is 0 Å². The molecular weight excluding hydrogens is 415 g/mol. The molecule has 1 fully saturated rings. The van der Waals surface area contributed by atoms with E-state index in [1.807, 2.05) is 7.05 Å². The first-order valence-electron chi connectivity index (χ1n) is 8.31. The van der Waals surface area contributed by atoms with E-state index in [2.05, 4.69) is 65.8 Å². The lowest BCUT2D eigenvalue weighted by molar-refractivity contribution is -0.00501. The van der Waals surface area contributed by atoms with Gasteiger partial charge in [-0.1, -0.05) is 29.8 Å². The van der Waals surface area contributed by atoms with Crippen LogP contribution in [0.1, 0.15) is 24.0 Å². The third-order valence-corrected chi connectivity index (χ3v) is 4.72. The summed E-state index contributed by atoms with van der Waals surface area (Å²) >= 11 is 0. The number of aryl methyl sites for hydroxylation is 1. The summed E-state index contributed by atoms with van der Waals surface area (Å²) in [6.07, 6.45) is 2.09. The van der Waals surface area contributed by atoms with Gasteiger partial charge in [-0.3, -0.25) is 4.99 Å². The Morgan fingerprint density at radius 1 is 1.25 bits per heavy atom. The molecule has 0 radical (unpaired) electrons. The highest BCUT2D eigenvalue weighted by Crippen LogP contribution is 2.24. The van der Waals surface area contributed by atoms with Crippen LogP contribution < -0.4 is 10.6 Å². The fourth-order valence-corrected chi connectivity index (χ4v) is 3.01. The standard InChI is InChI=1S/C18H30N4O.HI/c1-15-6-5-7-16(12-15)13-20-17(19-2)21-14-18(22(3)4)8-10-23-11-9-18;/h5-7,12H,8-11,13-14H2,1-4H3,(H2,19,20,21);1H. The number of aliphatic imine (C=N–C) groups is 1. The smallest absolute Gasteiger partial charge is 0.191 e. The Morgan fingerprint density at radius 3 is 2.54 bits per heavy atom. The summed E-state index contributed by atoms with van der Waals surface area (Å²) in [5, 5.41) is 6.89. The molecule has 6 heteroatoms. The van der Waals surface area contributed by atoms with Crippen LogP contribution in [-0.2, 0) is 11.3 Å². The van der Waals surface area contributed by atoms with Gasteiger partial charge in [-0.15, -0.1) is 24.0 Å². The Bertz CT molecular complexity index is 528. The number of ether oxygens (including phenoxy) is 1. The van der Waals surface area contributed by atoms with Gasteiger partial charge in [-0.25, -0.2) is 0 Å². The molecule has 2 N–H and O–H groups in total. The van der Waals surface area contributed by atoms with Crippen molar-refractivity contribution in [3.05, 3.63) is 35.4 Å². The number of rotatable bonds is 5. The van der Waals surface area contributed by atoms with Crippen molar-refractivity contribution >= 4 is 29.9 Å². The molecule has 1 aliphatic heterocycles. The molecule has 24 heavy (non-hydrogen) atoms. The van der Waals surface area contributed by atoms with Crippen LogP contribution in [0.2, 0.25) is 0 Å². The molecule has 1 saturated heterocycles. The lowest BCUT2D eigenvalue weighted by Gasteiger charge is -2.43. The molecule has 1 aromatic carbocycles. The molecule has 0 unspecified atom stereocenters. The molecule has 1 aromatic rings. The largest absolute Gasteiger partial charge is 0.381 e. The minimum Gasteiger partial charge on any atom is -0.381 e.